The molecule has 0 aromatic heterocycles. The number of ether oxygens (including phenoxy) is 1. The van der Waals surface area contributed by atoms with Gasteiger partial charge in [-0.15, -0.1) is 0 Å². The molecule has 1 heterocycles. The molecular formula is C30H44FN3O. The van der Waals surface area contributed by atoms with Gasteiger partial charge in [-0.1, -0.05) is 64.6 Å². The fourth-order valence-corrected chi connectivity index (χ4v) is 4.82. The van der Waals surface area contributed by atoms with Crippen LogP contribution in [0.5, 0.6) is 5.75 Å². The zero-order valence-corrected chi connectivity index (χ0v) is 22.2. The van der Waals surface area contributed by atoms with Crippen molar-refractivity contribution in [2.45, 2.75) is 59.8 Å². The third-order valence-corrected chi connectivity index (χ3v) is 6.69. The Hall–Kier alpha value is -2.37. The van der Waals surface area contributed by atoms with E-state index in [1.807, 2.05) is 18.2 Å². The molecule has 5 heteroatoms. The standard InChI is InChI=1S/C30H44FN3O/c1-6-32-28(20-30(3,4)5)23-35-29-10-8-9-24(19-29)17-25-11-12-26(27(18-25)21-31)22-34-15-13-33(7-2)14-16-34/h6,8-12,18-19,28,32H,1,7,13-17,20-23H2,2-5H3/t28-/m0/s1. The molecule has 35 heavy (non-hydrogen) atoms. The largest absolute Gasteiger partial charge is 0.491 e. The van der Waals surface area contributed by atoms with E-state index in [1.165, 1.54) is 5.56 Å². The molecule has 0 saturated carbocycles. The molecule has 0 spiro atoms. The van der Waals surface area contributed by atoms with E-state index >= 15 is 0 Å². The molecule has 2 aromatic carbocycles. The number of alkyl halides is 1. The van der Waals surface area contributed by atoms with Crippen LogP contribution in [0.4, 0.5) is 4.39 Å². The Balaban J connectivity index is 1.60. The van der Waals surface area contributed by atoms with Crippen LogP contribution in [-0.4, -0.2) is 55.2 Å². The lowest BCUT2D eigenvalue weighted by Crippen LogP contribution is -2.45. The first kappa shape index (κ1) is 27.2. The molecule has 1 aliphatic rings. The summed E-state index contributed by atoms with van der Waals surface area (Å²) < 4.78 is 20.1. The molecule has 0 radical (unpaired) electrons. The Morgan fingerprint density at radius 1 is 1.03 bits per heavy atom. The van der Waals surface area contributed by atoms with Gasteiger partial charge >= 0.3 is 0 Å². The average molecular weight is 482 g/mol. The summed E-state index contributed by atoms with van der Waals surface area (Å²) in [6.45, 7) is 19.1. The number of nitrogens with zero attached hydrogens (tertiary/aromatic N) is 2. The summed E-state index contributed by atoms with van der Waals surface area (Å²) in [4.78, 5) is 4.91. The monoisotopic (exact) mass is 481 g/mol. The van der Waals surface area contributed by atoms with E-state index in [1.54, 1.807) is 6.20 Å². The van der Waals surface area contributed by atoms with Crippen molar-refractivity contribution >= 4 is 0 Å². The molecule has 192 valence electrons. The highest BCUT2D eigenvalue weighted by Crippen LogP contribution is 2.23. The molecule has 0 amide bonds. The van der Waals surface area contributed by atoms with Crippen molar-refractivity contribution in [3.8, 4) is 5.75 Å². The SMILES string of the molecule is C=CN[C@H](COc1cccc(Cc2ccc(CN3CCN(CC)CC3)c(CF)c2)c1)CC(C)(C)C. The maximum Gasteiger partial charge on any atom is 0.119 e. The highest BCUT2D eigenvalue weighted by Gasteiger charge is 2.19. The molecule has 3 rings (SSSR count). The lowest BCUT2D eigenvalue weighted by atomic mass is 9.88. The Bertz CT molecular complexity index is 931. The number of rotatable bonds is 12. The molecule has 4 nitrogen and oxygen atoms in total. The van der Waals surface area contributed by atoms with Gasteiger partial charge in [-0.05, 0) is 65.4 Å². The predicted octanol–water partition coefficient (Wildman–Crippen LogP) is 5.80. The minimum Gasteiger partial charge on any atom is -0.491 e. The second-order valence-corrected chi connectivity index (χ2v) is 10.9. The average Bonchev–Trinajstić information content (AvgIpc) is 2.83. The quantitative estimate of drug-likeness (QED) is 0.415. The summed E-state index contributed by atoms with van der Waals surface area (Å²) in [7, 11) is 0. The summed E-state index contributed by atoms with van der Waals surface area (Å²) in [5.74, 6) is 0.862. The van der Waals surface area contributed by atoms with Crippen molar-refractivity contribution < 1.29 is 9.13 Å². The zero-order valence-electron chi connectivity index (χ0n) is 22.2. The van der Waals surface area contributed by atoms with Gasteiger partial charge < -0.3 is 15.0 Å². The van der Waals surface area contributed by atoms with Crippen LogP contribution in [0.1, 0.15) is 56.4 Å². The van der Waals surface area contributed by atoms with E-state index in [4.69, 9.17) is 4.74 Å². The summed E-state index contributed by atoms with van der Waals surface area (Å²) >= 11 is 0. The lowest BCUT2D eigenvalue weighted by Gasteiger charge is -2.34. The van der Waals surface area contributed by atoms with E-state index in [9.17, 15) is 4.39 Å². The molecule has 0 unspecified atom stereocenters. The number of nitrogens with one attached hydrogen (secondary N) is 1. The molecule has 1 aliphatic heterocycles. The van der Waals surface area contributed by atoms with E-state index in [-0.39, 0.29) is 11.5 Å². The van der Waals surface area contributed by atoms with Crippen molar-refractivity contribution in [3.05, 3.63) is 77.5 Å². The molecule has 1 fully saturated rings. The van der Waals surface area contributed by atoms with Crippen molar-refractivity contribution in [2.75, 3.05) is 39.3 Å². The normalized spacial score (nSPS) is 16.1. The van der Waals surface area contributed by atoms with Crippen LogP contribution >= 0.6 is 0 Å². The molecule has 1 N–H and O–H groups in total. The summed E-state index contributed by atoms with van der Waals surface area (Å²) in [5, 5.41) is 3.31. The van der Waals surface area contributed by atoms with Crippen LogP contribution in [0.2, 0.25) is 0 Å². The second-order valence-electron chi connectivity index (χ2n) is 10.9. The minimum absolute atomic E-state index is 0.204. The van der Waals surface area contributed by atoms with E-state index in [0.717, 1.165) is 74.6 Å². The van der Waals surface area contributed by atoms with Crippen LogP contribution in [-0.2, 0) is 19.6 Å². The maximum absolute atomic E-state index is 13.9. The van der Waals surface area contributed by atoms with Gasteiger partial charge in [-0.25, -0.2) is 4.39 Å². The molecule has 2 aromatic rings. The van der Waals surface area contributed by atoms with Crippen LogP contribution < -0.4 is 10.1 Å². The van der Waals surface area contributed by atoms with Crippen molar-refractivity contribution in [1.29, 1.82) is 0 Å². The first-order chi connectivity index (χ1) is 16.8. The minimum atomic E-state index is -0.424. The fraction of sp³-hybridized carbons (Fsp3) is 0.533. The molecule has 0 bridgehead atoms. The smallest absolute Gasteiger partial charge is 0.119 e. The zero-order chi connectivity index (χ0) is 25.3. The highest BCUT2D eigenvalue weighted by atomic mass is 19.1. The summed E-state index contributed by atoms with van der Waals surface area (Å²) in [6, 6.07) is 14.8. The number of hydrogen-bond acceptors (Lipinski definition) is 4. The van der Waals surface area contributed by atoms with Gasteiger partial charge in [-0.2, -0.15) is 0 Å². The first-order valence-corrected chi connectivity index (χ1v) is 13.0. The second kappa shape index (κ2) is 13.1. The Kier molecular flexibility index (Phi) is 10.2. The van der Waals surface area contributed by atoms with Gasteiger partial charge in [0.05, 0.1) is 6.04 Å². The van der Waals surface area contributed by atoms with Gasteiger partial charge in [0.15, 0.2) is 0 Å². The van der Waals surface area contributed by atoms with Gasteiger partial charge in [0.2, 0.25) is 0 Å². The number of benzene rings is 2. The van der Waals surface area contributed by atoms with Gasteiger partial charge in [0.25, 0.3) is 0 Å². The Morgan fingerprint density at radius 2 is 1.74 bits per heavy atom. The molecule has 1 saturated heterocycles. The van der Waals surface area contributed by atoms with Crippen molar-refractivity contribution in [2.24, 2.45) is 5.41 Å². The van der Waals surface area contributed by atoms with Gasteiger partial charge in [0, 0.05) is 32.7 Å². The number of likely N-dealkylation sites (N-methyl/N-ethyl adjacent to an activating group) is 1. The van der Waals surface area contributed by atoms with Crippen molar-refractivity contribution in [3.63, 3.8) is 0 Å². The number of piperazine rings is 1. The molecule has 0 aliphatic carbocycles. The van der Waals surface area contributed by atoms with Crippen LogP contribution in [0.3, 0.4) is 0 Å². The van der Waals surface area contributed by atoms with Crippen molar-refractivity contribution in [1.82, 2.24) is 15.1 Å². The lowest BCUT2D eigenvalue weighted by molar-refractivity contribution is 0.131. The fourth-order valence-electron chi connectivity index (χ4n) is 4.82. The third kappa shape index (κ3) is 8.97. The first-order valence-electron chi connectivity index (χ1n) is 13.0. The highest BCUT2D eigenvalue weighted by molar-refractivity contribution is 5.37. The van der Waals surface area contributed by atoms with E-state index in [2.05, 4.69) is 73.7 Å². The number of halogens is 1. The molecular weight excluding hydrogens is 437 g/mol. The van der Waals surface area contributed by atoms with Crippen LogP contribution in [0, 0.1) is 5.41 Å². The van der Waals surface area contributed by atoms with Gasteiger partial charge in [0.1, 0.15) is 19.0 Å². The van der Waals surface area contributed by atoms with E-state index in [0.29, 0.717) is 6.61 Å². The molecule has 1 atom stereocenters. The Morgan fingerprint density at radius 3 is 2.40 bits per heavy atom. The van der Waals surface area contributed by atoms with E-state index < -0.39 is 6.67 Å². The predicted molar refractivity (Wildman–Crippen MR) is 145 cm³/mol. The van der Waals surface area contributed by atoms with Gasteiger partial charge in [-0.3, -0.25) is 4.90 Å². The van der Waals surface area contributed by atoms with Crippen LogP contribution in [0.25, 0.3) is 0 Å². The summed E-state index contributed by atoms with van der Waals surface area (Å²) in [6.07, 6.45) is 3.49. The third-order valence-electron chi connectivity index (χ3n) is 6.69. The maximum atomic E-state index is 13.9. The van der Waals surface area contributed by atoms with Crippen LogP contribution in [0.15, 0.2) is 55.2 Å². The topological polar surface area (TPSA) is 27.7 Å². The summed E-state index contributed by atoms with van der Waals surface area (Å²) in [5.41, 5.74) is 4.43. The Labute approximate surface area is 212 Å². The number of hydrogen-bond donors (Lipinski definition) is 1.